The van der Waals surface area contributed by atoms with Crippen LogP contribution in [0, 0.1) is 25.5 Å². The van der Waals surface area contributed by atoms with Crippen molar-refractivity contribution in [3.63, 3.8) is 0 Å². The summed E-state index contributed by atoms with van der Waals surface area (Å²) in [7, 11) is 0. The zero-order valence-corrected chi connectivity index (χ0v) is 16.7. The number of hydrogen-bond acceptors (Lipinski definition) is 5. The van der Waals surface area contributed by atoms with Gasteiger partial charge in [0.25, 0.3) is 11.5 Å². The van der Waals surface area contributed by atoms with Crippen molar-refractivity contribution < 1.29 is 13.6 Å². The van der Waals surface area contributed by atoms with Crippen LogP contribution in [0.5, 0.6) is 0 Å². The van der Waals surface area contributed by atoms with Gasteiger partial charge < -0.3 is 5.32 Å². The fourth-order valence-electron chi connectivity index (χ4n) is 2.80. The van der Waals surface area contributed by atoms with Gasteiger partial charge in [0.05, 0.1) is 4.88 Å². The molecule has 1 amide bonds. The van der Waals surface area contributed by atoms with Gasteiger partial charge in [0.15, 0.2) is 0 Å². The lowest BCUT2D eigenvalue weighted by Gasteiger charge is -2.10. The van der Waals surface area contributed by atoms with Crippen LogP contribution in [0.4, 0.5) is 14.6 Å². The van der Waals surface area contributed by atoms with E-state index < -0.39 is 23.1 Å². The molecule has 0 radical (unpaired) electrons. The highest BCUT2D eigenvalue weighted by atomic mass is 32.1. The van der Waals surface area contributed by atoms with Gasteiger partial charge in [-0.3, -0.25) is 14.6 Å². The van der Waals surface area contributed by atoms with Gasteiger partial charge in [-0.05, 0) is 37.4 Å². The largest absolute Gasteiger partial charge is 0.306 e. The lowest BCUT2D eigenvalue weighted by atomic mass is 10.2. The third-order valence-corrected chi connectivity index (χ3v) is 5.39. The number of nitrogens with zero attached hydrogens (tertiary/aromatic N) is 3. The number of amides is 1. The number of benzene rings is 1. The van der Waals surface area contributed by atoms with Crippen molar-refractivity contribution in [1.29, 1.82) is 0 Å². The molecular weight excluding hydrogens is 412 g/mol. The molecule has 0 aliphatic rings. The summed E-state index contributed by atoms with van der Waals surface area (Å²) < 4.78 is 29.3. The van der Waals surface area contributed by atoms with Crippen LogP contribution in [0.25, 0.3) is 16.5 Å². The summed E-state index contributed by atoms with van der Waals surface area (Å²) in [6.45, 7) is 3.31. The molecule has 4 aromatic rings. The van der Waals surface area contributed by atoms with E-state index in [0.29, 0.717) is 17.0 Å². The van der Waals surface area contributed by atoms with Crippen LogP contribution in [0.1, 0.15) is 21.6 Å². The number of aryl methyl sites for hydroxylation is 1. The third-order valence-electron chi connectivity index (χ3n) is 4.50. The van der Waals surface area contributed by atoms with Crippen LogP contribution >= 0.6 is 11.3 Å². The minimum Gasteiger partial charge on any atom is -0.306 e. The number of anilines is 1. The minimum absolute atomic E-state index is 0.0650. The van der Waals surface area contributed by atoms with E-state index in [2.05, 4.69) is 20.4 Å². The predicted octanol–water partition coefficient (Wildman–Crippen LogP) is 3.83. The first kappa shape index (κ1) is 19.6. The average molecular weight is 427 g/mol. The Morgan fingerprint density at radius 3 is 2.53 bits per heavy atom. The number of aromatic nitrogens is 4. The highest BCUT2D eigenvalue weighted by Crippen LogP contribution is 2.28. The van der Waals surface area contributed by atoms with Gasteiger partial charge >= 0.3 is 0 Å². The smallest absolute Gasteiger partial charge is 0.262 e. The van der Waals surface area contributed by atoms with Crippen LogP contribution in [0.2, 0.25) is 0 Å². The molecule has 0 aliphatic heterocycles. The van der Waals surface area contributed by atoms with E-state index in [9.17, 15) is 18.4 Å². The van der Waals surface area contributed by atoms with Crippen molar-refractivity contribution in [3.8, 4) is 16.5 Å². The fraction of sp³-hybridized carbons (Fsp3) is 0.100. The summed E-state index contributed by atoms with van der Waals surface area (Å²) in [5, 5.41) is 8.74. The summed E-state index contributed by atoms with van der Waals surface area (Å²) in [6, 6.07) is 8.36. The average Bonchev–Trinajstić information content (AvgIpc) is 3.35. The topological polar surface area (TPSA) is 92.7 Å². The molecule has 0 aliphatic carbocycles. The number of nitrogens with one attached hydrogen (secondary N) is 2. The molecule has 0 saturated heterocycles. The van der Waals surface area contributed by atoms with E-state index in [1.165, 1.54) is 28.2 Å². The predicted molar refractivity (Wildman–Crippen MR) is 109 cm³/mol. The number of halogens is 2. The molecule has 3 aromatic heterocycles. The second-order valence-corrected chi connectivity index (χ2v) is 7.40. The standard InChI is InChI=1S/C20H15F2N5O2S/c1-10-11(2)23-20(25-18(10)28)27-16(9-14(26-27)15-7-4-8-30-15)24-19(29)17-12(21)5-3-6-13(17)22/h3-9H,1-2H3,(H,24,29)(H,23,25,28). The molecule has 7 nitrogen and oxygen atoms in total. The van der Waals surface area contributed by atoms with Crippen LogP contribution in [0.15, 0.2) is 46.6 Å². The molecule has 2 N–H and O–H groups in total. The van der Waals surface area contributed by atoms with Crippen LogP contribution in [0.3, 0.4) is 0 Å². The fourth-order valence-corrected chi connectivity index (χ4v) is 3.48. The van der Waals surface area contributed by atoms with Gasteiger partial charge in [-0.2, -0.15) is 9.78 Å². The molecule has 0 atom stereocenters. The van der Waals surface area contributed by atoms with Crippen molar-refractivity contribution in [2.75, 3.05) is 5.32 Å². The SMILES string of the molecule is Cc1nc(-n2nc(-c3cccs3)cc2NC(=O)c2c(F)cccc2F)[nH]c(=O)c1C. The molecule has 0 saturated carbocycles. The summed E-state index contributed by atoms with van der Waals surface area (Å²) in [5.41, 5.74) is 0.352. The van der Waals surface area contributed by atoms with Gasteiger partial charge in [-0.25, -0.2) is 13.8 Å². The molecule has 0 bridgehead atoms. The van der Waals surface area contributed by atoms with Crippen LogP contribution in [-0.4, -0.2) is 25.7 Å². The number of carbonyl (C=O) groups is 1. The van der Waals surface area contributed by atoms with E-state index in [-0.39, 0.29) is 17.3 Å². The summed E-state index contributed by atoms with van der Waals surface area (Å²) >= 11 is 1.42. The van der Waals surface area contributed by atoms with Crippen LogP contribution in [-0.2, 0) is 0 Å². The van der Waals surface area contributed by atoms with Gasteiger partial charge in [-0.15, -0.1) is 11.3 Å². The number of aromatic amines is 1. The maximum atomic E-state index is 14.0. The Hall–Kier alpha value is -3.66. The number of rotatable bonds is 4. The number of thiophene rings is 1. The maximum absolute atomic E-state index is 14.0. The molecule has 4 rings (SSSR count). The monoisotopic (exact) mass is 427 g/mol. The van der Waals surface area contributed by atoms with Gasteiger partial charge in [0, 0.05) is 17.3 Å². The highest BCUT2D eigenvalue weighted by molar-refractivity contribution is 7.13. The molecular formula is C20H15F2N5O2S. The zero-order valence-electron chi connectivity index (χ0n) is 15.9. The van der Waals surface area contributed by atoms with Gasteiger partial charge in [0.1, 0.15) is 28.7 Å². The van der Waals surface area contributed by atoms with E-state index in [4.69, 9.17) is 0 Å². The summed E-state index contributed by atoms with van der Waals surface area (Å²) in [6.07, 6.45) is 0. The van der Waals surface area contributed by atoms with Gasteiger partial charge in [0.2, 0.25) is 5.95 Å². The first-order valence-electron chi connectivity index (χ1n) is 8.82. The Bertz CT molecular complexity index is 1290. The highest BCUT2D eigenvalue weighted by Gasteiger charge is 2.21. The molecule has 10 heteroatoms. The Kier molecular flexibility index (Phi) is 5.00. The second-order valence-electron chi connectivity index (χ2n) is 6.45. The third kappa shape index (κ3) is 3.52. The first-order valence-corrected chi connectivity index (χ1v) is 9.70. The minimum atomic E-state index is -0.991. The van der Waals surface area contributed by atoms with E-state index >= 15 is 0 Å². The van der Waals surface area contributed by atoms with Gasteiger partial charge in [-0.1, -0.05) is 12.1 Å². The van der Waals surface area contributed by atoms with Crippen molar-refractivity contribution in [2.45, 2.75) is 13.8 Å². The van der Waals surface area contributed by atoms with E-state index in [0.717, 1.165) is 17.0 Å². The number of H-pyrrole nitrogens is 1. The molecule has 0 fully saturated rings. The number of carbonyl (C=O) groups excluding carboxylic acids is 1. The summed E-state index contributed by atoms with van der Waals surface area (Å²) in [5.74, 6) is -2.81. The lowest BCUT2D eigenvalue weighted by molar-refractivity contribution is 0.101. The Balaban J connectivity index is 1.82. The first-order chi connectivity index (χ1) is 14.3. The molecule has 0 unspecified atom stereocenters. The van der Waals surface area contributed by atoms with Crippen molar-refractivity contribution >= 4 is 23.1 Å². The maximum Gasteiger partial charge on any atom is 0.262 e. The Morgan fingerprint density at radius 1 is 1.17 bits per heavy atom. The van der Waals surface area contributed by atoms with Crippen molar-refractivity contribution in [3.05, 3.63) is 80.6 Å². The van der Waals surface area contributed by atoms with Crippen molar-refractivity contribution in [2.24, 2.45) is 0 Å². The number of hydrogen-bond donors (Lipinski definition) is 2. The van der Waals surface area contributed by atoms with Crippen LogP contribution < -0.4 is 10.9 Å². The quantitative estimate of drug-likeness (QED) is 0.518. The zero-order chi connectivity index (χ0) is 21.4. The molecule has 30 heavy (non-hydrogen) atoms. The van der Waals surface area contributed by atoms with E-state index in [1.54, 1.807) is 13.8 Å². The Morgan fingerprint density at radius 2 is 1.90 bits per heavy atom. The molecule has 152 valence electrons. The Labute approximate surface area is 173 Å². The second kappa shape index (κ2) is 7.64. The molecule has 0 spiro atoms. The lowest BCUT2D eigenvalue weighted by Crippen LogP contribution is -2.21. The van der Waals surface area contributed by atoms with Crippen molar-refractivity contribution in [1.82, 2.24) is 19.7 Å². The molecule has 3 heterocycles. The van der Waals surface area contributed by atoms with E-state index in [1.807, 2.05) is 17.5 Å². The normalized spacial score (nSPS) is 10.9. The molecule has 1 aromatic carbocycles. The summed E-state index contributed by atoms with van der Waals surface area (Å²) in [4.78, 5) is 32.5.